The Morgan fingerprint density at radius 1 is 1.50 bits per heavy atom. The highest BCUT2D eigenvalue weighted by Crippen LogP contribution is 2.40. The van der Waals surface area contributed by atoms with E-state index < -0.39 is 0 Å². The largest absolute Gasteiger partial charge is 0.409 e. The fourth-order valence-electron chi connectivity index (χ4n) is 3.03. The van der Waals surface area contributed by atoms with E-state index in [1.165, 1.54) is 32.1 Å². The second-order valence-electron chi connectivity index (χ2n) is 5.70. The lowest BCUT2D eigenvalue weighted by Gasteiger charge is -2.27. The molecule has 5 heteroatoms. The summed E-state index contributed by atoms with van der Waals surface area (Å²) in [6, 6.07) is 3.81. The SMILES string of the molecule is CCC1(CNCc2ccnc(/C(N)=N/O)c2)CCCC1. The second kappa shape index (κ2) is 6.70. The first-order valence-corrected chi connectivity index (χ1v) is 7.33. The first-order valence-electron chi connectivity index (χ1n) is 7.33. The highest BCUT2D eigenvalue weighted by molar-refractivity contribution is 5.95. The molecule has 0 atom stereocenters. The van der Waals surface area contributed by atoms with Crippen LogP contribution in [0.5, 0.6) is 0 Å². The smallest absolute Gasteiger partial charge is 0.188 e. The average molecular weight is 276 g/mol. The van der Waals surface area contributed by atoms with Crippen molar-refractivity contribution < 1.29 is 5.21 Å². The topological polar surface area (TPSA) is 83.5 Å². The van der Waals surface area contributed by atoms with Gasteiger partial charge in [0.25, 0.3) is 0 Å². The molecule has 1 saturated carbocycles. The van der Waals surface area contributed by atoms with Gasteiger partial charge in [-0.3, -0.25) is 4.98 Å². The van der Waals surface area contributed by atoms with Gasteiger partial charge in [-0.15, -0.1) is 0 Å². The third-order valence-corrected chi connectivity index (χ3v) is 4.44. The van der Waals surface area contributed by atoms with E-state index in [4.69, 9.17) is 10.9 Å². The number of nitrogens with zero attached hydrogens (tertiary/aromatic N) is 2. The molecule has 1 aliphatic rings. The van der Waals surface area contributed by atoms with Gasteiger partial charge >= 0.3 is 0 Å². The van der Waals surface area contributed by atoms with Crippen molar-refractivity contribution in [2.24, 2.45) is 16.3 Å². The predicted octanol–water partition coefficient (Wildman–Crippen LogP) is 2.24. The third-order valence-electron chi connectivity index (χ3n) is 4.44. The van der Waals surface area contributed by atoms with Crippen molar-refractivity contribution in [3.05, 3.63) is 29.6 Å². The summed E-state index contributed by atoms with van der Waals surface area (Å²) >= 11 is 0. The van der Waals surface area contributed by atoms with Gasteiger partial charge in [0.1, 0.15) is 5.69 Å². The maximum atomic E-state index is 8.67. The Kier molecular flexibility index (Phi) is 4.95. The van der Waals surface area contributed by atoms with Crippen molar-refractivity contribution >= 4 is 5.84 Å². The molecule has 0 bridgehead atoms. The van der Waals surface area contributed by atoms with Crippen LogP contribution in [-0.2, 0) is 6.54 Å². The summed E-state index contributed by atoms with van der Waals surface area (Å²) < 4.78 is 0. The normalized spacial score (nSPS) is 18.4. The maximum absolute atomic E-state index is 8.67. The Morgan fingerprint density at radius 2 is 2.25 bits per heavy atom. The number of amidine groups is 1. The minimum absolute atomic E-state index is 0.0488. The molecule has 1 aromatic rings. The van der Waals surface area contributed by atoms with E-state index in [1.807, 2.05) is 12.1 Å². The Labute approximate surface area is 120 Å². The molecule has 0 saturated heterocycles. The lowest BCUT2D eigenvalue weighted by molar-refractivity contribution is 0.268. The number of oxime groups is 1. The van der Waals surface area contributed by atoms with Gasteiger partial charge in [-0.2, -0.15) is 0 Å². The molecule has 0 aliphatic heterocycles. The average Bonchev–Trinajstić information content (AvgIpc) is 2.96. The Hall–Kier alpha value is -1.62. The molecule has 1 heterocycles. The Bertz CT molecular complexity index is 467. The molecule has 1 aliphatic carbocycles. The van der Waals surface area contributed by atoms with Gasteiger partial charge in [-0.25, -0.2) is 0 Å². The summed E-state index contributed by atoms with van der Waals surface area (Å²) in [5, 5.41) is 15.2. The van der Waals surface area contributed by atoms with Gasteiger partial charge in [-0.1, -0.05) is 24.9 Å². The quantitative estimate of drug-likeness (QED) is 0.322. The number of pyridine rings is 1. The van der Waals surface area contributed by atoms with Gasteiger partial charge in [0.05, 0.1) is 0 Å². The van der Waals surface area contributed by atoms with E-state index in [1.54, 1.807) is 6.20 Å². The fraction of sp³-hybridized carbons (Fsp3) is 0.600. The van der Waals surface area contributed by atoms with Gasteiger partial charge in [0.2, 0.25) is 0 Å². The van der Waals surface area contributed by atoms with Crippen LogP contribution >= 0.6 is 0 Å². The highest BCUT2D eigenvalue weighted by Gasteiger charge is 2.31. The molecule has 0 aromatic carbocycles. The molecular weight excluding hydrogens is 252 g/mol. The number of hydrogen-bond donors (Lipinski definition) is 3. The van der Waals surface area contributed by atoms with Crippen molar-refractivity contribution in [1.82, 2.24) is 10.3 Å². The van der Waals surface area contributed by atoms with Crippen LogP contribution in [0.25, 0.3) is 0 Å². The van der Waals surface area contributed by atoms with Crippen molar-refractivity contribution in [3.63, 3.8) is 0 Å². The highest BCUT2D eigenvalue weighted by atomic mass is 16.4. The molecule has 1 fully saturated rings. The third kappa shape index (κ3) is 3.48. The zero-order valence-corrected chi connectivity index (χ0v) is 12.1. The van der Waals surface area contributed by atoms with Crippen molar-refractivity contribution in [3.8, 4) is 0 Å². The van der Waals surface area contributed by atoms with Crippen LogP contribution in [0.15, 0.2) is 23.5 Å². The number of rotatable bonds is 6. The van der Waals surface area contributed by atoms with E-state index in [2.05, 4.69) is 22.4 Å². The minimum Gasteiger partial charge on any atom is -0.409 e. The summed E-state index contributed by atoms with van der Waals surface area (Å²) in [5.74, 6) is 0.0488. The van der Waals surface area contributed by atoms with Crippen LogP contribution in [0.1, 0.15) is 50.3 Å². The molecule has 5 nitrogen and oxygen atoms in total. The van der Waals surface area contributed by atoms with E-state index in [-0.39, 0.29) is 5.84 Å². The predicted molar refractivity (Wildman–Crippen MR) is 79.6 cm³/mol. The Balaban J connectivity index is 1.91. The van der Waals surface area contributed by atoms with Crippen LogP contribution in [0, 0.1) is 5.41 Å². The maximum Gasteiger partial charge on any atom is 0.188 e. The molecule has 0 unspecified atom stereocenters. The number of nitrogens with one attached hydrogen (secondary N) is 1. The molecule has 0 radical (unpaired) electrons. The van der Waals surface area contributed by atoms with Crippen LogP contribution in [0.2, 0.25) is 0 Å². The fourth-order valence-corrected chi connectivity index (χ4v) is 3.03. The van der Waals surface area contributed by atoms with Crippen LogP contribution in [-0.4, -0.2) is 22.6 Å². The van der Waals surface area contributed by atoms with Gasteiger partial charge in [0.15, 0.2) is 5.84 Å². The Morgan fingerprint density at radius 3 is 2.90 bits per heavy atom. The molecule has 110 valence electrons. The molecule has 0 amide bonds. The molecule has 2 rings (SSSR count). The van der Waals surface area contributed by atoms with Crippen LogP contribution in [0.4, 0.5) is 0 Å². The van der Waals surface area contributed by atoms with E-state index in [9.17, 15) is 0 Å². The summed E-state index contributed by atoms with van der Waals surface area (Å²) in [5.41, 5.74) is 7.65. The molecular formula is C15H24N4O. The van der Waals surface area contributed by atoms with Crippen molar-refractivity contribution in [1.29, 1.82) is 0 Å². The summed E-state index contributed by atoms with van der Waals surface area (Å²) in [6.45, 7) is 4.14. The zero-order valence-electron chi connectivity index (χ0n) is 12.1. The standard InChI is InChI=1S/C15H24N4O/c1-2-15(6-3-4-7-15)11-17-10-12-5-8-18-13(9-12)14(16)19-20/h5,8-9,17,20H,2-4,6-7,10-11H2,1H3,(H2,16,19). The molecule has 1 aromatic heterocycles. The van der Waals surface area contributed by atoms with Gasteiger partial charge in [0, 0.05) is 19.3 Å². The van der Waals surface area contributed by atoms with Crippen LogP contribution < -0.4 is 11.1 Å². The van der Waals surface area contributed by atoms with E-state index >= 15 is 0 Å². The summed E-state index contributed by atoms with van der Waals surface area (Å²) in [4.78, 5) is 4.08. The van der Waals surface area contributed by atoms with Gasteiger partial charge in [-0.05, 0) is 42.4 Å². The molecule has 0 spiro atoms. The first-order chi connectivity index (χ1) is 9.69. The van der Waals surface area contributed by atoms with Crippen molar-refractivity contribution in [2.75, 3.05) is 6.54 Å². The second-order valence-corrected chi connectivity index (χ2v) is 5.70. The molecule has 4 N–H and O–H groups in total. The lowest BCUT2D eigenvalue weighted by atomic mass is 9.83. The zero-order chi connectivity index (χ0) is 14.4. The van der Waals surface area contributed by atoms with Crippen LogP contribution in [0.3, 0.4) is 0 Å². The lowest BCUT2D eigenvalue weighted by Crippen LogP contribution is -2.31. The number of hydrogen-bond acceptors (Lipinski definition) is 4. The molecule has 20 heavy (non-hydrogen) atoms. The van der Waals surface area contributed by atoms with Gasteiger partial charge < -0.3 is 16.3 Å². The van der Waals surface area contributed by atoms with E-state index in [0.29, 0.717) is 11.1 Å². The summed E-state index contributed by atoms with van der Waals surface area (Å²) in [7, 11) is 0. The number of nitrogens with two attached hydrogens (primary N) is 1. The number of aromatic nitrogens is 1. The first kappa shape index (κ1) is 14.8. The summed E-state index contributed by atoms with van der Waals surface area (Å²) in [6.07, 6.45) is 8.32. The minimum atomic E-state index is 0.0488. The van der Waals surface area contributed by atoms with E-state index in [0.717, 1.165) is 18.7 Å². The van der Waals surface area contributed by atoms with Crippen molar-refractivity contribution in [2.45, 2.75) is 45.6 Å². The monoisotopic (exact) mass is 276 g/mol.